The molecule has 2 heteroatoms. The first-order valence-corrected chi connectivity index (χ1v) is 8.79. The molecule has 4 aromatic carbocycles. The molecular weight excluding hydrogens is 358 g/mol. The topological polar surface area (TPSA) is 4.93 Å². The minimum absolute atomic E-state index is 1.11. The van der Waals surface area contributed by atoms with E-state index in [1.807, 2.05) is 0 Å². The quantitative estimate of drug-likeness (QED) is 0.309. The third-order valence-electron chi connectivity index (χ3n) is 4.63. The van der Waals surface area contributed by atoms with Crippen molar-refractivity contribution in [3.8, 4) is 5.69 Å². The smallest absolute Gasteiger partial charge is 0.0547 e. The Hall–Kier alpha value is -2.58. The lowest BCUT2D eigenvalue weighted by atomic mass is 10.0. The van der Waals surface area contributed by atoms with Crippen molar-refractivity contribution in [2.75, 3.05) is 0 Å². The van der Waals surface area contributed by atoms with Crippen LogP contribution in [0.25, 0.3) is 38.3 Å². The predicted molar refractivity (Wildman–Crippen MR) is 106 cm³/mol. The molecule has 0 bridgehead atoms. The molecule has 0 unspecified atom stereocenters. The van der Waals surface area contributed by atoms with E-state index in [0.717, 1.165) is 4.47 Å². The number of para-hydroxylation sites is 1. The van der Waals surface area contributed by atoms with Crippen LogP contribution in [0.2, 0.25) is 0 Å². The number of hydrogen-bond donors (Lipinski definition) is 0. The number of benzene rings is 4. The lowest BCUT2D eigenvalue weighted by Gasteiger charge is -2.07. The van der Waals surface area contributed by atoms with Gasteiger partial charge in [-0.2, -0.15) is 0 Å². The number of rotatable bonds is 1. The molecule has 0 aliphatic heterocycles. The van der Waals surface area contributed by atoms with Gasteiger partial charge >= 0.3 is 0 Å². The van der Waals surface area contributed by atoms with Crippen LogP contribution < -0.4 is 0 Å². The van der Waals surface area contributed by atoms with Gasteiger partial charge in [-0.05, 0) is 47.2 Å². The van der Waals surface area contributed by atoms with E-state index in [0.29, 0.717) is 0 Å². The van der Waals surface area contributed by atoms with Crippen molar-refractivity contribution in [2.45, 2.75) is 0 Å². The van der Waals surface area contributed by atoms with Crippen LogP contribution >= 0.6 is 15.9 Å². The van der Waals surface area contributed by atoms with Crippen LogP contribution in [-0.2, 0) is 0 Å². The molecule has 1 heterocycles. The van der Waals surface area contributed by atoms with E-state index in [1.165, 1.54) is 38.3 Å². The maximum Gasteiger partial charge on any atom is 0.0547 e. The molecule has 0 spiro atoms. The molecule has 0 aliphatic rings. The zero-order chi connectivity index (χ0) is 16.1. The van der Waals surface area contributed by atoms with E-state index in [2.05, 4.69) is 105 Å². The standard InChI is InChI=1S/C22H14BrN/c23-16-11-13-20-19(14-16)22-18-9-5-4-6-15(18)10-12-21(22)24(20)17-7-2-1-3-8-17/h1-14H. The van der Waals surface area contributed by atoms with Crippen LogP contribution in [0.5, 0.6) is 0 Å². The minimum atomic E-state index is 1.11. The van der Waals surface area contributed by atoms with Gasteiger partial charge < -0.3 is 4.57 Å². The molecule has 5 rings (SSSR count). The van der Waals surface area contributed by atoms with Crippen molar-refractivity contribution >= 4 is 48.5 Å². The van der Waals surface area contributed by atoms with E-state index in [-0.39, 0.29) is 0 Å². The molecular formula is C22H14BrN. The van der Waals surface area contributed by atoms with Crippen molar-refractivity contribution in [3.05, 3.63) is 89.4 Å². The summed E-state index contributed by atoms with van der Waals surface area (Å²) in [6.07, 6.45) is 0. The Labute approximate surface area is 148 Å². The second-order valence-electron chi connectivity index (χ2n) is 6.01. The van der Waals surface area contributed by atoms with Gasteiger partial charge in [0.05, 0.1) is 11.0 Å². The van der Waals surface area contributed by atoms with Crippen LogP contribution in [0.15, 0.2) is 89.4 Å². The number of fused-ring (bicyclic) bond motifs is 5. The van der Waals surface area contributed by atoms with Crippen molar-refractivity contribution in [1.82, 2.24) is 4.57 Å². The number of nitrogens with zero attached hydrogens (tertiary/aromatic N) is 1. The summed E-state index contributed by atoms with van der Waals surface area (Å²) < 4.78 is 3.46. The van der Waals surface area contributed by atoms with Gasteiger partial charge in [0.1, 0.15) is 0 Å². The predicted octanol–water partition coefficient (Wildman–Crippen LogP) is 6.70. The first-order valence-electron chi connectivity index (χ1n) is 8.00. The van der Waals surface area contributed by atoms with Crippen LogP contribution in [0.1, 0.15) is 0 Å². The highest BCUT2D eigenvalue weighted by atomic mass is 79.9. The molecule has 1 aromatic heterocycles. The summed E-state index contributed by atoms with van der Waals surface area (Å²) in [6, 6.07) is 30.2. The fourth-order valence-corrected chi connectivity index (χ4v) is 3.98. The largest absolute Gasteiger partial charge is 0.309 e. The summed E-state index contributed by atoms with van der Waals surface area (Å²) in [6.45, 7) is 0. The van der Waals surface area contributed by atoms with Crippen molar-refractivity contribution in [1.29, 1.82) is 0 Å². The molecule has 114 valence electrons. The van der Waals surface area contributed by atoms with Gasteiger partial charge in [0.2, 0.25) is 0 Å². The monoisotopic (exact) mass is 371 g/mol. The molecule has 0 aliphatic carbocycles. The van der Waals surface area contributed by atoms with E-state index >= 15 is 0 Å². The van der Waals surface area contributed by atoms with Gasteiger partial charge in [0.15, 0.2) is 0 Å². The maximum atomic E-state index is 3.64. The molecule has 0 amide bonds. The fraction of sp³-hybridized carbons (Fsp3) is 0. The Kier molecular flexibility index (Phi) is 3.00. The average molecular weight is 372 g/mol. The fourth-order valence-electron chi connectivity index (χ4n) is 3.62. The van der Waals surface area contributed by atoms with Crippen molar-refractivity contribution < 1.29 is 0 Å². The van der Waals surface area contributed by atoms with Gasteiger partial charge in [0, 0.05) is 20.9 Å². The first-order chi connectivity index (χ1) is 11.8. The summed E-state index contributed by atoms with van der Waals surface area (Å²) in [4.78, 5) is 0. The summed E-state index contributed by atoms with van der Waals surface area (Å²) in [5, 5.41) is 5.16. The number of halogens is 1. The van der Waals surface area contributed by atoms with E-state index in [9.17, 15) is 0 Å². The molecule has 0 fully saturated rings. The molecule has 0 saturated carbocycles. The molecule has 0 atom stereocenters. The molecule has 5 aromatic rings. The van der Waals surface area contributed by atoms with Gasteiger partial charge in [0.25, 0.3) is 0 Å². The highest BCUT2D eigenvalue weighted by Gasteiger charge is 2.14. The van der Waals surface area contributed by atoms with Crippen molar-refractivity contribution in [3.63, 3.8) is 0 Å². The van der Waals surface area contributed by atoms with Crippen LogP contribution in [0.3, 0.4) is 0 Å². The highest BCUT2D eigenvalue weighted by molar-refractivity contribution is 9.10. The Balaban J connectivity index is 2.07. The Bertz CT molecular complexity index is 1200. The summed E-state index contributed by atoms with van der Waals surface area (Å²) in [5.41, 5.74) is 3.67. The van der Waals surface area contributed by atoms with Crippen LogP contribution in [-0.4, -0.2) is 4.57 Å². The summed E-state index contributed by atoms with van der Waals surface area (Å²) >= 11 is 3.64. The normalized spacial score (nSPS) is 11.5. The molecule has 0 saturated heterocycles. The van der Waals surface area contributed by atoms with Gasteiger partial charge in [-0.1, -0.05) is 64.5 Å². The van der Waals surface area contributed by atoms with E-state index in [1.54, 1.807) is 0 Å². The lowest BCUT2D eigenvalue weighted by Crippen LogP contribution is -1.92. The van der Waals surface area contributed by atoms with Gasteiger partial charge in [-0.15, -0.1) is 0 Å². The van der Waals surface area contributed by atoms with Crippen LogP contribution in [0.4, 0.5) is 0 Å². The summed E-state index contributed by atoms with van der Waals surface area (Å²) in [7, 11) is 0. The van der Waals surface area contributed by atoms with E-state index < -0.39 is 0 Å². The lowest BCUT2D eigenvalue weighted by molar-refractivity contribution is 1.18. The highest BCUT2D eigenvalue weighted by Crippen LogP contribution is 2.37. The zero-order valence-corrected chi connectivity index (χ0v) is 14.5. The van der Waals surface area contributed by atoms with Crippen molar-refractivity contribution in [2.24, 2.45) is 0 Å². The van der Waals surface area contributed by atoms with E-state index in [4.69, 9.17) is 0 Å². The molecule has 24 heavy (non-hydrogen) atoms. The number of hydrogen-bond acceptors (Lipinski definition) is 0. The maximum absolute atomic E-state index is 3.64. The third-order valence-corrected chi connectivity index (χ3v) is 5.12. The second-order valence-corrected chi connectivity index (χ2v) is 6.93. The Morgan fingerprint density at radius 3 is 2.25 bits per heavy atom. The SMILES string of the molecule is Brc1ccc2c(c1)c1c3ccccc3ccc1n2-c1ccccc1. The van der Waals surface area contributed by atoms with Gasteiger partial charge in [-0.3, -0.25) is 0 Å². The molecule has 1 nitrogen and oxygen atoms in total. The first kappa shape index (κ1) is 13.8. The Morgan fingerprint density at radius 1 is 0.625 bits per heavy atom. The Morgan fingerprint density at radius 2 is 1.38 bits per heavy atom. The number of aromatic nitrogens is 1. The van der Waals surface area contributed by atoms with Crippen LogP contribution in [0, 0.1) is 0 Å². The minimum Gasteiger partial charge on any atom is -0.309 e. The third kappa shape index (κ3) is 1.93. The second kappa shape index (κ2) is 5.22. The summed E-state index contributed by atoms with van der Waals surface area (Å²) in [5.74, 6) is 0. The zero-order valence-electron chi connectivity index (χ0n) is 12.9. The molecule has 0 N–H and O–H groups in total. The van der Waals surface area contributed by atoms with Gasteiger partial charge in [-0.25, -0.2) is 0 Å². The average Bonchev–Trinajstić information content (AvgIpc) is 2.96. The molecule has 0 radical (unpaired) electrons.